The first-order valence-corrected chi connectivity index (χ1v) is 12.9. The molecule has 4 aromatic rings. The third-order valence-corrected chi connectivity index (χ3v) is 7.57. The van der Waals surface area contributed by atoms with Crippen LogP contribution in [0, 0.1) is 6.92 Å². The number of benzene rings is 2. The molecule has 0 spiro atoms. The molecule has 33 heavy (non-hydrogen) atoms. The van der Waals surface area contributed by atoms with Crippen molar-refractivity contribution in [3.63, 3.8) is 0 Å². The second kappa shape index (κ2) is 9.41. The van der Waals surface area contributed by atoms with Crippen LogP contribution in [0.3, 0.4) is 0 Å². The van der Waals surface area contributed by atoms with Crippen molar-refractivity contribution in [1.29, 1.82) is 0 Å². The molecule has 1 aliphatic heterocycles. The Kier molecular flexibility index (Phi) is 6.20. The minimum absolute atomic E-state index is 0.0614. The molecule has 6 nitrogen and oxygen atoms in total. The molecule has 1 aliphatic rings. The first-order valence-electron chi connectivity index (χ1n) is 10.9. The number of carbonyl (C=O) groups is 2. The molecule has 168 valence electrons. The lowest BCUT2D eigenvalue weighted by Crippen LogP contribution is -2.37. The van der Waals surface area contributed by atoms with Crippen LogP contribution in [-0.2, 0) is 11.2 Å². The predicted molar refractivity (Wildman–Crippen MR) is 135 cm³/mol. The molecule has 2 amide bonds. The highest BCUT2D eigenvalue weighted by atomic mass is 32.2. The van der Waals surface area contributed by atoms with E-state index in [4.69, 9.17) is 0 Å². The van der Waals surface area contributed by atoms with Gasteiger partial charge in [-0.3, -0.25) is 14.0 Å². The van der Waals surface area contributed by atoms with Gasteiger partial charge in [-0.2, -0.15) is 11.8 Å². The molecule has 5 rings (SSSR count). The maximum Gasteiger partial charge on any atom is 0.253 e. The smallest absolute Gasteiger partial charge is 0.253 e. The number of fused-ring (bicyclic) bond motifs is 1. The summed E-state index contributed by atoms with van der Waals surface area (Å²) in [5, 5.41) is 4.98. The number of anilines is 1. The number of aryl methyl sites for hydroxylation is 1. The summed E-state index contributed by atoms with van der Waals surface area (Å²) in [6.07, 6.45) is 2.23. The third kappa shape index (κ3) is 4.67. The van der Waals surface area contributed by atoms with E-state index in [1.165, 1.54) is 11.3 Å². The summed E-state index contributed by atoms with van der Waals surface area (Å²) in [5.74, 6) is 1.93. The number of thiazole rings is 1. The van der Waals surface area contributed by atoms with Crippen molar-refractivity contribution < 1.29 is 9.59 Å². The number of hydrogen-bond donors (Lipinski definition) is 1. The Morgan fingerprint density at radius 1 is 1.09 bits per heavy atom. The van der Waals surface area contributed by atoms with Crippen molar-refractivity contribution in [2.45, 2.75) is 13.3 Å². The van der Waals surface area contributed by atoms with Gasteiger partial charge < -0.3 is 10.2 Å². The summed E-state index contributed by atoms with van der Waals surface area (Å²) in [7, 11) is 0. The molecule has 1 fully saturated rings. The minimum atomic E-state index is -0.0973. The predicted octanol–water partition coefficient (Wildman–Crippen LogP) is 4.74. The number of nitrogens with zero attached hydrogens (tertiary/aromatic N) is 3. The number of aromatic nitrogens is 2. The molecule has 2 aromatic carbocycles. The SMILES string of the molecule is Cc1cc(C(=O)N2CCSCC2)ccc1NC(=O)Cc1csc2nc(-c3ccccc3)cn12. The van der Waals surface area contributed by atoms with Crippen LogP contribution in [-0.4, -0.2) is 50.7 Å². The van der Waals surface area contributed by atoms with Gasteiger partial charge in [-0.05, 0) is 30.7 Å². The Morgan fingerprint density at radius 2 is 1.88 bits per heavy atom. The van der Waals surface area contributed by atoms with Gasteiger partial charge in [0.2, 0.25) is 5.91 Å². The Morgan fingerprint density at radius 3 is 2.64 bits per heavy atom. The van der Waals surface area contributed by atoms with E-state index in [1.807, 2.05) is 82.0 Å². The van der Waals surface area contributed by atoms with Crippen molar-refractivity contribution in [2.24, 2.45) is 0 Å². The maximum absolute atomic E-state index is 12.8. The number of thioether (sulfide) groups is 1. The average molecular weight is 477 g/mol. The summed E-state index contributed by atoms with van der Waals surface area (Å²) in [6, 6.07) is 15.5. The van der Waals surface area contributed by atoms with Crippen LogP contribution >= 0.6 is 23.1 Å². The topological polar surface area (TPSA) is 66.7 Å². The number of carbonyl (C=O) groups excluding carboxylic acids is 2. The van der Waals surface area contributed by atoms with E-state index in [9.17, 15) is 9.59 Å². The van der Waals surface area contributed by atoms with Gasteiger partial charge in [0, 0.05) is 58.7 Å². The summed E-state index contributed by atoms with van der Waals surface area (Å²) < 4.78 is 1.98. The second-order valence-corrected chi connectivity index (χ2v) is 10.1. The summed E-state index contributed by atoms with van der Waals surface area (Å²) in [5.41, 5.74) is 5.13. The highest BCUT2D eigenvalue weighted by Crippen LogP contribution is 2.24. The monoisotopic (exact) mass is 476 g/mol. The largest absolute Gasteiger partial charge is 0.337 e. The molecule has 0 bridgehead atoms. The van der Waals surface area contributed by atoms with Crippen molar-refractivity contribution in [1.82, 2.24) is 14.3 Å². The van der Waals surface area contributed by atoms with E-state index in [1.54, 1.807) is 6.07 Å². The van der Waals surface area contributed by atoms with E-state index < -0.39 is 0 Å². The molecule has 0 radical (unpaired) electrons. The lowest BCUT2D eigenvalue weighted by Gasteiger charge is -2.26. The first-order chi connectivity index (χ1) is 16.1. The van der Waals surface area contributed by atoms with E-state index in [0.717, 1.165) is 57.8 Å². The Balaban J connectivity index is 1.28. The van der Waals surface area contributed by atoms with Gasteiger partial charge in [0.1, 0.15) is 0 Å². The van der Waals surface area contributed by atoms with Crippen molar-refractivity contribution in [3.05, 3.63) is 76.9 Å². The van der Waals surface area contributed by atoms with Gasteiger partial charge in [0.05, 0.1) is 12.1 Å². The van der Waals surface area contributed by atoms with E-state index >= 15 is 0 Å². The summed E-state index contributed by atoms with van der Waals surface area (Å²) >= 11 is 3.41. The van der Waals surface area contributed by atoms with Gasteiger partial charge in [0.15, 0.2) is 4.96 Å². The van der Waals surface area contributed by atoms with Crippen LogP contribution in [0.2, 0.25) is 0 Å². The molecule has 2 aromatic heterocycles. The quantitative estimate of drug-likeness (QED) is 0.452. The zero-order valence-corrected chi connectivity index (χ0v) is 19.9. The molecule has 0 unspecified atom stereocenters. The Bertz CT molecular complexity index is 1310. The highest BCUT2D eigenvalue weighted by molar-refractivity contribution is 7.99. The Labute approximate surface area is 200 Å². The zero-order chi connectivity index (χ0) is 22.8. The zero-order valence-electron chi connectivity index (χ0n) is 18.3. The van der Waals surface area contributed by atoms with Crippen LogP contribution in [0.1, 0.15) is 21.6 Å². The number of rotatable bonds is 5. The van der Waals surface area contributed by atoms with Gasteiger partial charge in [-0.25, -0.2) is 4.98 Å². The molecule has 1 N–H and O–H groups in total. The van der Waals surface area contributed by atoms with Crippen molar-refractivity contribution in [2.75, 3.05) is 29.9 Å². The molecule has 0 saturated carbocycles. The minimum Gasteiger partial charge on any atom is -0.337 e. The molecule has 8 heteroatoms. The maximum atomic E-state index is 12.8. The lowest BCUT2D eigenvalue weighted by atomic mass is 10.1. The molecule has 0 aliphatic carbocycles. The van der Waals surface area contributed by atoms with Gasteiger partial charge >= 0.3 is 0 Å². The fourth-order valence-corrected chi connectivity index (χ4v) is 5.73. The number of imidazole rings is 1. The molecular weight excluding hydrogens is 452 g/mol. The van der Waals surface area contributed by atoms with Crippen LogP contribution in [0.5, 0.6) is 0 Å². The number of hydrogen-bond acceptors (Lipinski definition) is 5. The van der Waals surface area contributed by atoms with Gasteiger partial charge in [0.25, 0.3) is 5.91 Å². The van der Waals surface area contributed by atoms with E-state index in [2.05, 4.69) is 10.3 Å². The summed E-state index contributed by atoms with van der Waals surface area (Å²) in [4.78, 5) is 33.0. The molecule has 0 atom stereocenters. The highest BCUT2D eigenvalue weighted by Gasteiger charge is 2.19. The van der Waals surface area contributed by atoms with E-state index in [-0.39, 0.29) is 18.2 Å². The van der Waals surface area contributed by atoms with Crippen LogP contribution in [0.15, 0.2) is 60.1 Å². The van der Waals surface area contributed by atoms with Crippen molar-refractivity contribution in [3.8, 4) is 11.3 Å². The number of amides is 2. The first kappa shape index (κ1) is 21.7. The summed E-state index contributed by atoms with van der Waals surface area (Å²) in [6.45, 7) is 3.50. The lowest BCUT2D eigenvalue weighted by molar-refractivity contribution is -0.115. The third-order valence-electron chi connectivity index (χ3n) is 5.74. The Hall–Kier alpha value is -3.10. The van der Waals surface area contributed by atoms with Crippen LogP contribution in [0.25, 0.3) is 16.2 Å². The molecule has 3 heterocycles. The van der Waals surface area contributed by atoms with Crippen LogP contribution < -0.4 is 5.32 Å². The normalized spacial score (nSPS) is 13.9. The van der Waals surface area contributed by atoms with Gasteiger partial charge in [-0.1, -0.05) is 30.3 Å². The van der Waals surface area contributed by atoms with Gasteiger partial charge in [-0.15, -0.1) is 11.3 Å². The van der Waals surface area contributed by atoms with Crippen molar-refractivity contribution >= 4 is 45.6 Å². The number of nitrogens with one attached hydrogen (secondary N) is 1. The molecular formula is C25H24N4O2S2. The molecule has 1 saturated heterocycles. The fourth-order valence-electron chi connectivity index (χ4n) is 3.95. The van der Waals surface area contributed by atoms with Crippen LogP contribution in [0.4, 0.5) is 5.69 Å². The standard InChI is InChI=1S/C25H24N4O2S2/c1-17-13-19(24(31)28-9-11-32-12-10-28)7-8-21(17)26-23(30)14-20-16-33-25-27-22(15-29(20)25)18-5-3-2-4-6-18/h2-8,13,15-16H,9-12,14H2,1H3,(H,26,30). The second-order valence-electron chi connectivity index (χ2n) is 8.03. The average Bonchev–Trinajstić information content (AvgIpc) is 3.43. The fraction of sp³-hybridized carbons (Fsp3) is 0.240. The van der Waals surface area contributed by atoms with E-state index in [0.29, 0.717) is 5.56 Å².